The van der Waals surface area contributed by atoms with Crippen molar-refractivity contribution in [1.82, 2.24) is 9.78 Å². The third-order valence-corrected chi connectivity index (χ3v) is 1.28. The molecule has 0 amide bonds. The molecule has 0 radical (unpaired) electrons. The quantitative estimate of drug-likeness (QED) is 0.470. The van der Waals surface area contributed by atoms with Gasteiger partial charge in [-0.1, -0.05) is 0 Å². The molecule has 10 heavy (non-hydrogen) atoms. The SMILES string of the molecule is N=Cn1cc2ccoc2n1. The number of rotatable bonds is 1. The molecule has 0 aliphatic heterocycles. The van der Waals surface area contributed by atoms with Crippen LogP contribution in [-0.2, 0) is 0 Å². The lowest BCUT2D eigenvalue weighted by Gasteiger charge is -1.80. The van der Waals surface area contributed by atoms with E-state index in [0.29, 0.717) is 5.71 Å². The van der Waals surface area contributed by atoms with Gasteiger partial charge in [-0.25, -0.2) is 4.68 Å². The van der Waals surface area contributed by atoms with Crippen molar-refractivity contribution >= 4 is 17.4 Å². The Morgan fingerprint density at radius 2 is 2.60 bits per heavy atom. The molecule has 0 aromatic carbocycles. The molecular weight excluding hydrogens is 130 g/mol. The maximum absolute atomic E-state index is 6.85. The van der Waals surface area contributed by atoms with Crippen LogP contribution in [0, 0.1) is 5.41 Å². The van der Waals surface area contributed by atoms with Crippen LogP contribution < -0.4 is 0 Å². The molecule has 2 heterocycles. The highest BCUT2D eigenvalue weighted by molar-refractivity contribution is 5.74. The lowest BCUT2D eigenvalue weighted by atomic mass is 10.5. The molecule has 0 aliphatic carbocycles. The highest BCUT2D eigenvalue weighted by atomic mass is 16.3. The second-order valence-corrected chi connectivity index (χ2v) is 1.92. The Morgan fingerprint density at radius 1 is 1.70 bits per heavy atom. The van der Waals surface area contributed by atoms with E-state index in [4.69, 9.17) is 9.83 Å². The molecule has 0 bridgehead atoms. The second-order valence-electron chi connectivity index (χ2n) is 1.92. The number of aromatic nitrogens is 2. The van der Waals surface area contributed by atoms with E-state index in [9.17, 15) is 0 Å². The molecule has 2 aromatic rings. The van der Waals surface area contributed by atoms with Crippen LogP contribution in [0.15, 0.2) is 22.9 Å². The van der Waals surface area contributed by atoms with Gasteiger partial charge in [-0.3, -0.25) is 5.41 Å². The van der Waals surface area contributed by atoms with E-state index in [-0.39, 0.29) is 0 Å². The van der Waals surface area contributed by atoms with Gasteiger partial charge in [0.2, 0.25) is 5.71 Å². The van der Waals surface area contributed by atoms with Crippen LogP contribution in [-0.4, -0.2) is 16.1 Å². The third-order valence-electron chi connectivity index (χ3n) is 1.28. The summed E-state index contributed by atoms with van der Waals surface area (Å²) < 4.78 is 6.36. The Kier molecular flexibility index (Phi) is 0.887. The van der Waals surface area contributed by atoms with Crippen molar-refractivity contribution in [3.05, 3.63) is 18.5 Å². The fraction of sp³-hybridized carbons (Fsp3) is 0. The largest absolute Gasteiger partial charge is 0.445 e. The molecule has 50 valence electrons. The summed E-state index contributed by atoms with van der Waals surface area (Å²) in [5.74, 6) is 0. The van der Waals surface area contributed by atoms with Crippen molar-refractivity contribution in [2.75, 3.05) is 0 Å². The number of furan rings is 1. The van der Waals surface area contributed by atoms with Crippen LogP contribution in [0.2, 0.25) is 0 Å². The van der Waals surface area contributed by atoms with Crippen molar-refractivity contribution < 1.29 is 4.42 Å². The lowest BCUT2D eigenvalue weighted by Crippen LogP contribution is -1.92. The average molecular weight is 135 g/mol. The molecule has 2 aromatic heterocycles. The Morgan fingerprint density at radius 3 is 3.30 bits per heavy atom. The van der Waals surface area contributed by atoms with Crippen molar-refractivity contribution in [3.8, 4) is 0 Å². The van der Waals surface area contributed by atoms with Crippen LogP contribution >= 0.6 is 0 Å². The van der Waals surface area contributed by atoms with Crippen LogP contribution in [0.4, 0.5) is 0 Å². The zero-order valence-electron chi connectivity index (χ0n) is 5.11. The van der Waals surface area contributed by atoms with Crippen molar-refractivity contribution in [3.63, 3.8) is 0 Å². The Bertz CT molecular complexity index is 331. The maximum Gasteiger partial charge on any atom is 0.245 e. The van der Waals surface area contributed by atoms with Crippen molar-refractivity contribution in [2.45, 2.75) is 0 Å². The third kappa shape index (κ3) is 0.556. The molecular formula is C6H5N3O. The summed E-state index contributed by atoms with van der Waals surface area (Å²) in [6.07, 6.45) is 4.42. The van der Waals surface area contributed by atoms with E-state index < -0.39 is 0 Å². The minimum atomic E-state index is 0.573. The van der Waals surface area contributed by atoms with Gasteiger partial charge in [-0.15, -0.1) is 5.10 Å². The van der Waals surface area contributed by atoms with Crippen molar-refractivity contribution in [2.24, 2.45) is 0 Å². The number of fused-ring (bicyclic) bond motifs is 1. The van der Waals surface area contributed by atoms with Gasteiger partial charge in [0.05, 0.1) is 11.6 Å². The molecule has 0 atom stereocenters. The minimum Gasteiger partial charge on any atom is -0.445 e. The molecule has 0 saturated heterocycles. The molecule has 4 nitrogen and oxygen atoms in total. The summed E-state index contributed by atoms with van der Waals surface area (Å²) in [6, 6.07) is 1.81. The first-order valence-corrected chi connectivity index (χ1v) is 2.83. The first-order chi connectivity index (χ1) is 4.90. The molecule has 1 N–H and O–H groups in total. The molecule has 4 heteroatoms. The van der Waals surface area contributed by atoms with Crippen LogP contribution in [0.1, 0.15) is 0 Å². The Labute approximate surface area is 56.6 Å². The molecule has 0 spiro atoms. The number of hydrogen-bond donors (Lipinski definition) is 1. The number of nitrogens with one attached hydrogen (secondary N) is 1. The molecule has 0 saturated carbocycles. The van der Waals surface area contributed by atoms with Crippen LogP contribution in [0.5, 0.6) is 0 Å². The standard InChI is InChI=1S/C6H5N3O/c7-4-9-3-5-1-2-10-6(5)8-9/h1-4,7H. The van der Waals surface area contributed by atoms with Gasteiger partial charge < -0.3 is 4.42 Å². The van der Waals surface area contributed by atoms with Gasteiger partial charge in [-0.2, -0.15) is 0 Å². The summed E-state index contributed by atoms with van der Waals surface area (Å²) in [6.45, 7) is 0. The summed E-state index contributed by atoms with van der Waals surface area (Å²) in [5, 5.41) is 11.7. The van der Waals surface area contributed by atoms with E-state index in [1.54, 1.807) is 12.5 Å². The molecule has 0 aliphatic rings. The minimum absolute atomic E-state index is 0.573. The number of nitrogens with zero attached hydrogens (tertiary/aromatic N) is 2. The van der Waals surface area contributed by atoms with Gasteiger partial charge in [-0.05, 0) is 6.07 Å². The summed E-state index contributed by atoms with van der Waals surface area (Å²) >= 11 is 0. The van der Waals surface area contributed by atoms with E-state index >= 15 is 0 Å². The summed E-state index contributed by atoms with van der Waals surface area (Å²) in [5.41, 5.74) is 0.573. The molecule has 2 rings (SSSR count). The fourth-order valence-electron chi connectivity index (χ4n) is 0.833. The van der Waals surface area contributed by atoms with Crippen LogP contribution in [0.3, 0.4) is 0 Å². The first-order valence-electron chi connectivity index (χ1n) is 2.83. The lowest BCUT2D eigenvalue weighted by molar-refractivity contribution is 0.596. The molecule has 0 fully saturated rings. The normalized spacial score (nSPS) is 10.4. The maximum atomic E-state index is 6.85. The topological polar surface area (TPSA) is 54.8 Å². The second kappa shape index (κ2) is 1.70. The zero-order valence-corrected chi connectivity index (χ0v) is 5.11. The van der Waals surface area contributed by atoms with E-state index in [0.717, 1.165) is 11.7 Å². The van der Waals surface area contributed by atoms with Gasteiger partial charge >= 0.3 is 0 Å². The van der Waals surface area contributed by atoms with Crippen molar-refractivity contribution in [1.29, 1.82) is 5.41 Å². The predicted octanol–water partition coefficient (Wildman–Crippen LogP) is 1.08. The van der Waals surface area contributed by atoms with Gasteiger partial charge in [0.15, 0.2) is 0 Å². The van der Waals surface area contributed by atoms with E-state index in [1.165, 1.54) is 4.68 Å². The number of hydrogen-bond acceptors (Lipinski definition) is 3. The first kappa shape index (κ1) is 5.22. The Hall–Kier alpha value is -1.58. The highest BCUT2D eigenvalue weighted by Crippen LogP contribution is 2.10. The fourth-order valence-corrected chi connectivity index (χ4v) is 0.833. The summed E-state index contributed by atoms with van der Waals surface area (Å²) in [4.78, 5) is 0. The van der Waals surface area contributed by atoms with E-state index in [2.05, 4.69) is 5.10 Å². The van der Waals surface area contributed by atoms with Gasteiger partial charge in [0.1, 0.15) is 6.34 Å². The predicted molar refractivity (Wildman–Crippen MR) is 36.2 cm³/mol. The highest BCUT2D eigenvalue weighted by Gasteiger charge is 1.99. The summed E-state index contributed by atoms with van der Waals surface area (Å²) in [7, 11) is 0. The monoisotopic (exact) mass is 135 g/mol. The van der Waals surface area contributed by atoms with E-state index in [1.807, 2.05) is 6.07 Å². The van der Waals surface area contributed by atoms with Gasteiger partial charge in [0, 0.05) is 6.20 Å². The van der Waals surface area contributed by atoms with Crippen LogP contribution in [0.25, 0.3) is 11.1 Å². The zero-order chi connectivity index (χ0) is 6.97. The average Bonchev–Trinajstić information content (AvgIpc) is 2.42. The molecule has 0 unspecified atom stereocenters. The van der Waals surface area contributed by atoms with Gasteiger partial charge in [0.25, 0.3) is 0 Å². The smallest absolute Gasteiger partial charge is 0.245 e. The Balaban J connectivity index is 2.78.